The summed E-state index contributed by atoms with van der Waals surface area (Å²) < 4.78 is 37.6. The van der Waals surface area contributed by atoms with E-state index in [-0.39, 0.29) is 18.7 Å². The molecule has 0 aliphatic carbocycles. The van der Waals surface area contributed by atoms with E-state index >= 15 is 0 Å². The molecule has 0 radical (unpaired) electrons. The zero-order chi connectivity index (χ0) is 14.2. The summed E-state index contributed by atoms with van der Waals surface area (Å²) in [5.74, 6) is -1.76. The molecular weight excluding hydrogens is 263 g/mol. The lowest BCUT2D eigenvalue weighted by Crippen LogP contribution is -2.28. The van der Waals surface area contributed by atoms with Gasteiger partial charge in [-0.2, -0.15) is 13.2 Å². The second-order valence-electron chi connectivity index (χ2n) is 4.24. The first-order chi connectivity index (χ1) is 8.79. The first kappa shape index (κ1) is 13.3. The zero-order valence-electron chi connectivity index (χ0n) is 9.65. The highest BCUT2D eigenvalue weighted by atomic mass is 19.4. The summed E-state index contributed by atoms with van der Waals surface area (Å²) in [4.78, 5) is 27.2. The van der Waals surface area contributed by atoms with Crippen molar-refractivity contribution in [1.82, 2.24) is 4.98 Å². The summed E-state index contributed by atoms with van der Waals surface area (Å²) in [5.41, 5.74) is 4.16. The molecule has 1 saturated heterocycles. The first-order valence-corrected chi connectivity index (χ1v) is 5.41. The number of primary amides is 1. The first-order valence-electron chi connectivity index (χ1n) is 5.41. The number of hydrogen-bond donors (Lipinski definition) is 1. The highest BCUT2D eigenvalue weighted by Crippen LogP contribution is 2.32. The third-order valence-corrected chi connectivity index (χ3v) is 2.89. The number of pyridine rings is 1. The second kappa shape index (κ2) is 4.52. The van der Waals surface area contributed by atoms with Crippen LogP contribution in [0.4, 0.5) is 18.9 Å². The molecule has 2 heterocycles. The minimum Gasteiger partial charge on any atom is -0.369 e. The van der Waals surface area contributed by atoms with Gasteiger partial charge in [-0.3, -0.25) is 14.6 Å². The van der Waals surface area contributed by atoms with Gasteiger partial charge in [0.25, 0.3) is 0 Å². The SMILES string of the molecule is NC(=O)C1CC(=O)N(c2cncc(C(F)(F)F)c2)C1. The molecule has 0 bridgehead atoms. The van der Waals surface area contributed by atoms with E-state index in [4.69, 9.17) is 5.73 Å². The van der Waals surface area contributed by atoms with Gasteiger partial charge in [0.05, 0.1) is 23.4 Å². The second-order valence-corrected chi connectivity index (χ2v) is 4.24. The summed E-state index contributed by atoms with van der Waals surface area (Å²) in [7, 11) is 0. The standard InChI is InChI=1S/C11H10F3N3O2/c12-11(13,14)7-2-8(4-16-3-7)17-5-6(10(15)19)1-9(17)18/h2-4,6H,1,5H2,(H2,15,19). The van der Waals surface area contributed by atoms with Crippen molar-refractivity contribution >= 4 is 17.5 Å². The molecule has 2 rings (SSSR count). The normalized spacial score (nSPS) is 19.8. The Bertz CT molecular complexity index is 530. The number of amides is 2. The van der Waals surface area contributed by atoms with E-state index in [1.165, 1.54) is 0 Å². The summed E-state index contributed by atoms with van der Waals surface area (Å²) in [6, 6.07) is 0.828. The number of carbonyl (C=O) groups is 2. The third-order valence-electron chi connectivity index (χ3n) is 2.89. The molecule has 0 saturated carbocycles. The third kappa shape index (κ3) is 2.67. The van der Waals surface area contributed by atoms with Crippen molar-refractivity contribution in [2.75, 3.05) is 11.4 Å². The molecule has 1 aliphatic rings. The Labute approximate surface area is 106 Å². The van der Waals surface area contributed by atoms with Crippen molar-refractivity contribution in [3.05, 3.63) is 24.0 Å². The van der Waals surface area contributed by atoms with Crippen molar-refractivity contribution in [2.24, 2.45) is 11.7 Å². The van der Waals surface area contributed by atoms with Crippen LogP contribution in [0.25, 0.3) is 0 Å². The average Bonchev–Trinajstić information content (AvgIpc) is 2.71. The molecule has 0 aromatic carbocycles. The van der Waals surface area contributed by atoms with Crippen molar-refractivity contribution in [2.45, 2.75) is 12.6 Å². The number of nitrogens with zero attached hydrogens (tertiary/aromatic N) is 2. The smallest absolute Gasteiger partial charge is 0.369 e. The summed E-state index contributed by atoms with van der Waals surface area (Å²) in [6.07, 6.45) is -2.80. The van der Waals surface area contributed by atoms with Gasteiger partial charge >= 0.3 is 6.18 Å². The van der Waals surface area contributed by atoms with Crippen LogP contribution in [0, 0.1) is 5.92 Å². The number of anilines is 1. The summed E-state index contributed by atoms with van der Waals surface area (Å²) in [6.45, 7) is -0.0167. The van der Waals surface area contributed by atoms with Crippen molar-refractivity contribution < 1.29 is 22.8 Å². The van der Waals surface area contributed by atoms with Crippen LogP contribution in [-0.2, 0) is 15.8 Å². The van der Waals surface area contributed by atoms with Gasteiger partial charge in [0.1, 0.15) is 0 Å². The lowest BCUT2D eigenvalue weighted by molar-refractivity contribution is -0.137. The highest BCUT2D eigenvalue weighted by molar-refractivity contribution is 5.99. The Kier molecular flexibility index (Phi) is 3.17. The van der Waals surface area contributed by atoms with Gasteiger partial charge in [0, 0.05) is 19.2 Å². The van der Waals surface area contributed by atoms with Crippen molar-refractivity contribution in [1.29, 1.82) is 0 Å². The lowest BCUT2D eigenvalue weighted by Gasteiger charge is -2.17. The van der Waals surface area contributed by atoms with E-state index in [1.807, 2.05) is 0 Å². The maximum absolute atomic E-state index is 12.5. The van der Waals surface area contributed by atoms with Crippen LogP contribution in [0.3, 0.4) is 0 Å². The Balaban J connectivity index is 2.28. The molecule has 1 aromatic heterocycles. The maximum Gasteiger partial charge on any atom is 0.417 e. The summed E-state index contributed by atoms with van der Waals surface area (Å²) in [5, 5.41) is 0. The Hall–Kier alpha value is -2.12. The quantitative estimate of drug-likeness (QED) is 0.871. The molecule has 1 unspecified atom stereocenters. The highest BCUT2D eigenvalue weighted by Gasteiger charge is 2.36. The Morgan fingerprint density at radius 1 is 1.42 bits per heavy atom. The molecule has 19 heavy (non-hydrogen) atoms. The molecule has 1 fully saturated rings. The Morgan fingerprint density at radius 3 is 2.63 bits per heavy atom. The molecule has 8 heteroatoms. The van der Waals surface area contributed by atoms with Gasteiger partial charge < -0.3 is 10.6 Å². The predicted molar refractivity (Wildman–Crippen MR) is 58.9 cm³/mol. The van der Waals surface area contributed by atoms with Crippen molar-refractivity contribution in [3.63, 3.8) is 0 Å². The number of rotatable bonds is 2. The van der Waals surface area contributed by atoms with Crippen LogP contribution in [0.2, 0.25) is 0 Å². The number of nitrogens with two attached hydrogens (primary N) is 1. The van der Waals surface area contributed by atoms with Crippen LogP contribution in [0.5, 0.6) is 0 Å². The van der Waals surface area contributed by atoms with E-state index in [0.717, 1.165) is 17.2 Å². The Morgan fingerprint density at radius 2 is 2.11 bits per heavy atom. The lowest BCUT2D eigenvalue weighted by atomic mass is 10.1. The van der Waals surface area contributed by atoms with Crippen LogP contribution in [0.1, 0.15) is 12.0 Å². The molecule has 1 aromatic rings. The van der Waals surface area contributed by atoms with Gasteiger partial charge in [-0.1, -0.05) is 0 Å². The zero-order valence-corrected chi connectivity index (χ0v) is 9.65. The van der Waals surface area contributed by atoms with Crippen LogP contribution in [0.15, 0.2) is 18.5 Å². The van der Waals surface area contributed by atoms with Gasteiger partial charge in [-0.15, -0.1) is 0 Å². The summed E-state index contributed by atoms with van der Waals surface area (Å²) >= 11 is 0. The number of carbonyl (C=O) groups excluding carboxylic acids is 2. The average molecular weight is 273 g/mol. The minimum atomic E-state index is -4.53. The fourth-order valence-corrected chi connectivity index (χ4v) is 1.88. The maximum atomic E-state index is 12.5. The molecule has 102 valence electrons. The minimum absolute atomic E-state index is 0.0167. The van der Waals surface area contributed by atoms with Crippen molar-refractivity contribution in [3.8, 4) is 0 Å². The largest absolute Gasteiger partial charge is 0.417 e. The van der Waals surface area contributed by atoms with Crippen LogP contribution < -0.4 is 10.6 Å². The fraction of sp³-hybridized carbons (Fsp3) is 0.364. The van der Waals surface area contributed by atoms with Gasteiger partial charge in [-0.05, 0) is 6.07 Å². The molecule has 1 aliphatic heterocycles. The monoisotopic (exact) mass is 273 g/mol. The van der Waals surface area contributed by atoms with Gasteiger partial charge in [0.2, 0.25) is 11.8 Å². The predicted octanol–water partition coefficient (Wildman–Crippen LogP) is 0.939. The van der Waals surface area contributed by atoms with E-state index in [2.05, 4.69) is 4.98 Å². The fourth-order valence-electron chi connectivity index (χ4n) is 1.88. The van der Waals surface area contributed by atoms with Gasteiger partial charge in [0.15, 0.2) is 0 Å². The van der Waals surface area contributed by atoms with Crippen LogP contribution in [-0.4, -0.2) is 23.3 Å². The molecule has 0 spiro atoms. The molecule has 2 amide bonds. The number of hydrogen-bond acceptors (Lipinski definition) is 3. The molecule has 2 N–H and O–H groups in total. The van der Waals surface area contributed by atoms with E-state index in [0.29, 0.717) is 6.20 Å². The van der Waals surface area contributed by atoms with Gasteiger partial charge in [-0.25, -0.2) is 0 Å². The number of aromatic nitrogens is 1. The van der Waals surface area contributed by atoms with E-state index < -0.39 is 29.5 Å². The number of halogens is 3. The molecule has 5 nitrogen and oxygen atoms in total. The van der Waals surface area contributed by atoms with Crippen LogP contribution >= 0.6 is 0 Å². The van der Waals surface area contributed by atoms with E-state index in [9.17, 15) is 22.8 Å². The molecule has 1 atom stereocenters. The topological polar surface area (TPSA) is 76.3 Å². The molecular formula is C11H10F3N3O2. The van der Waals surface area contributed by atoms with E-state index in [1.54, 1.807) is 0 Å². The number of alkyl halides is 3.